The lowest BCUT2D eigenvalue weighted by Gasteiger charge is -2.17. The van der Waals surface area contributed by atoms with Gasteiger partial charge in [0.1, 0.15) is 0 Å². The maximum atomic E-state index is 12.4. The van der Waals surface area contributed by atoms with Gasteiger partial charge in [-0.05, 0) is 50.7 Å². The van der Waals surface area contributed by atoms with Crippen LogP contribution < -0.4 is 5.73 Å². The second kappa shape index (κ2) is 6.17. The zero-order chi connectivity index (χ0) is 13.8. The van der Waals surface area contributed by atoms with Gasteiger partial charge < -0.3 is 15.5 Å². The van der Waals surface area contributed by atoms with Crippen LogP contribution >= 0.6 is 0 Å². The van der Waals surface area contributed by atoms with Crippen molar-refractivity contribution in [2.24, 2.45) is 11.7 Å². The summed E-state index contributed by atoms with van der Waals surface area (Å²) in [7, 11) is 4.06. The van der Waals surface area contributed by atoms with Gasteiger partial charge in [0.05, 0.1) is 0 Å². The molecule has 1 aromatic carbocycles. The van der Waals surface area contributed by atoms with Gasteiger partial charge in [-0.1, -0.05) is 12.1 Å². The van der Waals surface area contributed by atoms with E-state index in [-0.39, 0.29) is 5.91 Å². The first-order valence-corrected chi connectivity index (χ1v) is 6.83. The third-order valence-corrected chi connectivity index (χ3v) is 3.58. The topological polar surface area (TPSA) is 49.6 Å². The molecule has 1 fully saturated rings. The molecular formula is C15H23N3O. The maximum absolute atomic E-state index is 12.4. The Hall–Kier alpha value is -1.39. The van der Waals surface area contributed by atoms with Crippen molar-refractivity contribution in [2.45, 2.75) is 13.0 Å². The van der Waals surface area contributed by atoms with Crippen molar-refractivity contribution in [1.29, 1.82) is 0 Å². The Kier molecular flexibility index (Phi) is 4.56. The molecule has 4 heteroatoms. The molecule has 0 aliphatic carbocycles. The van der Waals surface area contributed by atoms with Crippen LogP contribution in [0.2, 0.25) is 0 Å². The number of benzene rings is 1. The molecule has 1 aromatic rings. The molecule has 0 radical (unpaired) electrons. The van der Waals surface area contributed by atoms with Crippen molar-refractivity contribution >= 4 is 5.91 Å². The van der Waals surface area contributed by atoms with Gasteiger partial charge in [0.2, 0.25) is 0 Å². The number of carbonyl (C=O) groups is 1. The summed E-state index contributed by atoms with van der Waals surface area (Å²) in [4.78, 5) is 16.4. The van der Waals surface area contributed by atoms with E-state index in [1.165, 1.54) is 5.56 Å². The van der Waals surface area contributed by atoms with E-state index in [1.54, 1.807) is 0 Å². The minimum atomic E-state index is 0.136. The van der Waals surface area contributed by atoms with Crippen LogP contribution in [-0.2, 0) is 6.54 Å². The second-order valence-corrected chi connectivity index (χ2v) is 5.58. The number of nitrogens with two attached hydrogens (primary N) is 1. The molecule has 0 bridgehead atoms. The Morgan fingerprint density at radius 1 is 1.47 bits per heavy atom. The van der Waals surface area contributed by atoms with Crippen LogP contribution in [0.3, 0.4) is 0 Å². The van der Waals surface area contributed by atoms with Crippen LogP contribution in [0, 0.1) is 5.92 Å². The summed E-state index contributed by atoms with van der Waals surface area (Å²) in [5.74, 6) is 0.602. The maximum Gasteiger partial charge on any atom is 0.253 e. The average molecular weight is 261 g/mol. The van der Waals surface area contributed by atoms with Crippen molar-refractivity contribution < 1.29 is 4.79 Å². The molecule has 0 spiro atoms. The van der Waals surface area contributed by atoms with Crippen LogP contribution in [0.4, 0.5) is 0 Å². The monoisotopic (exact) mass is 261 g/mol. The molecule has 0 unspecified atom stereocenters. The lowest BCUT2D eigenvalue weighted by atomic mass is 10.1. The highest BCUT2D eigenvalue weighted by Crippen LogP contribution is 2.18. The van der Waals surface area contributed by atoms with Gasteiger partial charge in [-0.25, -0.2) is 0 Å². The fraction of sp³-hybridized carbons (Fsp3) is 0.533. The van der Waals surface area contributed by atoms with Crippen LogP contribution in [0.25, 0.3) is 0 Å². The minimum absolute atomic E-state index is 0.136. The van der Waals surface area contributed by atoms with E-state index in [1.807, 2.05) is 37.2 Å². The standard InChI is InChI=1S/C15H23N3O/c1-17(2)10-12-4-3-5-14(8-12)15(19)18-7-6-13(9-16)11-18/h3-5,8,13H,6-7,9-11,16H2,1-2H3/t13-/m0/s1. The summed E-state index contributed by atoms with van der Waals surface area (Å²) in [6.45, 7) is 3.16. The summed E-state index contributed by atoms with van der Waals surface area (Å²) < 4.78 is 0. The highest BCUT2D eigenvalue weighted by atomic mass is 16.2. The zero-order valence-electron chi connectivity index (χ0n) is 11.8. The number of hydrogen-bond acceptors (Lipinski definition) is 3. The fourth-order valence-electron chi connectivity index (χ4n) is 2.56. The van der Waals surface area contributed by atoms with Gasteiger partial charge in [-0.15, -0.1) is 0 Å². The van der Waals surface area contributed by atoms with E-state index < -0.39 is 0 Å². The van der Waals surface area contributed by atoms with Gasteiger partial charge in [0, 0.05) is 25.2 Å². The Morgan fingerprint density at radius 2 is 2.26 bits per heavy atom. The van der Waals surface area contributed by atoms with Crippen molar-refractivity contribution in [3.63, 3.8) is 0 Å². The van der Waals surface area contributed by atoms with Crippen molar-refractivity contribution in [2.75, 3.05) is 33.7 Å². The molecule has 1 saturated heterocycles. The summed E-state index contributed by atoms with van der Waals surface area (Å²) in [6, 6.07) is 7.92. The Labute approximate surface area is 115 Å². The summed E-state index contributed by atoms with van der Waals surface area (Å²) in [5.41, 5.74) is 7.63. The molecule has 1 aliphatic rings. The van der Waals surface area contributed by atoms with Gasteiger partial charge in [0.25, 0.3) is 5.91 Å². The highest BCUT2D eigenvalue weighted by Gasteiger charge is 2.25. The van der Waals surface area contributed by atoms with Crippen molar-refractivity contribution in [3.8, 4) is 0 Å². The quantitative estimate of drug-likeness (QED) is 0.885. The first-order chi connectivity index (χ1) is 9.10. The molecule has 2 N–H and O–H groups in total. The predicted molar refractivity (Wildman–Crippen MR) is 76.9 cm³/mol. The molecule has 1 aliphatic heterocycles. The molecule has 104 valence electrons. The number of amides is 1. The van der Waals surface area contributed by atoms with Gasteiger partial charge >= 0.3 is 0 Å². The van der Waals surface area contributed by atoms with E-state index in [2.05, 4.69) is 11.0 Å². The fourth-order valence-corrected chi connectivity index (χ4v) is 2.56. The van der Waals surface area contributed by atoms with Crippen molar-refractivity contribution in [1.82, 2.24) is 9.80 Å². The first-order valence-electron chi connectivity index (χ1n) is 6.83. The van der Waals surface area contributed by atoms with Crippen LogP contribution in [0.15, 0.2) is 24.3 Å². The second-order valence-electron chi connectivity index (χ2n) is 5.58. The summed E-state index contributed by atoms with van der Waals surface area (Å²) in [6.07, 6.45) is 1.03. The zero-order valence-corrected chi connectivity index (χ0v) is 11.8. The number of nitrogens with zero attached hydrogens (tertiary/aromatic N) is 2. The largest absolute Gasteiger partial charge is 0.338 e. The summed E-state index contributed by atoms with van der Waals surface area (Å²) in [5, 5.41) is 0. The minimum Gasteiger partial charge on any atom is -0.338 e. The Morgan fingerprint density at radius 3 is 2.89 bits per heavy atom. The molecule has 1 amide bonds. The van der Waals surface area contributed by atoms with Gasteiger partial charge in [0.15, 0.2) is 0 Å². The van der Waals surface area contributed by atoms with E-state index >= 15 is 0 Å². The lowest BCUT2D eigenvalue weighted by molar-refractivity contribution is 0.0787. The molecule has 1 atom stereocenters. The van der Waals surface area contributed by atoms with Gasteiger partial charge in [-0.3, -0.25) is 4.79 Å². The molecule has 2 rings (SSSR count). The molecule has 4 nitrogen and oxygen atoms in total. The molecule has 0 saturated carbocycles. The van der Waals surface area contributed by atoms with E-state index in [0.29, 0.717) is 12.5 Å². The summed E-state index contributed by atoms with van der Waals surface area (Å²) >= 11 is 0. The third kappa shape index (κ3) is 3.55. The number of rotatable bonds is 4. The highest BCUT2D eigenvalue weighted by molar-refractivity contribution is 5.94. The predicted octanol–water partition coefficient (Wildman–Crippen LogP) is 1.17. The molecular weight excluding hydrogens is 238 g/mol. The Bertz CT molecular complexity index is 445. The average Bonchev–Trinajstić information content (AvgIpc) is 2.86. The molecule has 1 heterocycles. The molecule has 0 aromatic heterocycles. The Balaban J connectivity index is 2.07. The normalized spacial score (nSPS) is 19.2. The number of hydrogen-bond donors (Lipinski definition) is 1. The van der Waals surface area contributed by atoms with E-state index in [4.69, 9.17) is 5.73 Å². The SMILES string of the molecule is CN(C)Cc1cccc(C(=O)N2CC[C@@H](CN)C2)c1. The number of carbonyl (C=O) groups excluding carboxylic acids is 1. The van der Waals surface area contributed by atoms with E-state index in [0.717, 1.165) is 31.6 Å². The van der Waals surface area contributed by atoms with Crippen molar-refractivity contribution in [3.05, 3.63) is 35.4 Å². The number of likely N-dealkylation sites (tertiary alicyclic amines) is 1. The third-order valence-electron chi connectivity index (χ3n) is 3.58. The van der Waals surface area contributed by atoms with E-state index in [9.17, 15) is 4.79 Å². The molecule has 19 heavy (non-hydrogen) atoms. The first kappa shape index (κ1) is 14.0. The van der Waals surface area contributed by atoms with Crippen LogP contribution in [-0.4, -0.2) is 49.4 Å². The van der Waals surface area contributed by atoms with Crippen LogP contribution in [0.5, 0.6) is 0 Å². The smallest absolute Gasteiger partial charge is 0.253 e. The van der Waals surface area contributed by atoms with Gasteiger partial charge in [-0.2, -0.15) is 0 Å². The lowest BCUT2D eigenvalue weighted by Crippen LogP contribution is -2.30. The van der Waals surface area contributed by atoms with Crippen LogP contribution in [0.1, 0.15) is 22.3 Å².